The maximum atomic E-state index is 11.0. The van der Waals surface area contributed by atoms with E-state index in [1.54, 1.807) is 0 Å². The van der Waals surface area contributed by atoms with Crippen molar-refractivity contribution in [1.82, 2.24) is 5.32 Å². The normalized spacial score (nSPS) is 12.2. The molecule has 0 radical (unpaired) electrons. The fourth-order valence-electron chi connectivity index (χ4n) is 1.57. The van der Waals surface area contributed by atoms with Crippen molar-refractivity contribution >= 4 is 11.6 Å². The van der Waals surface area contributed by atoms with E-state index in [0.29, 0.717) is 6.54 Å². The number of benzene rings is 1. The van der Waals surface area contributed by atoms with Crippen molar-refractivity contribution in [2.24, 2.45) is 0 Å². The number of hydrogen-bond acceptors (Lipinski definition) is 3. The van der Waals surface area contributed by atoms with Crippen molar-refractivity contribution in [3.63, 3.8) is 0 Å². The molecule has 0 aromatic heterocycles. The minimum absolute atomic E-state index is 0.0687. The number of aliphatic hydroxyl groups excluding tert-OH is 1. The topological polar surface area (TPSA) is 61.4 Å². The minimum Gasteiger partial charge on any atom is -0.396 e. The van der Waals surface area contributed by atoms with Gasteiger partial charge in [-0.3, -0.25) is 4.79 Å². The maximum absolute atomic E-state index is 11.0. The van der Waals surface area contributed by atoms with Crippen molar-refractivity contribution in [3.05, 3.63) is 29.8 Å². The SMILES string of the molecule is CC(=O)Nc1ccccc1CNC(C)CCO. The number of hydrogen-bond donors (Lipinski definition) is 3. The summed E-state index contributed by atoms with van der Waals surface area (Å²) in [6, 6.07) is 7.95. The Bertz CT molecular complexity index is 366. The Labute approximate surface area is 102 Å². The van der Waals surface area contributed by atoms with E-state index in [9.17, 15) is 4.79 Å². The molecule has 17 heavy (non-hydrogen) atoms. The molecule has 1 rings (SSSR count). The summed E-state index contributed by atoms with van der Waals surface area (Å²) in [4.78, 5) is 11.0. The van der Waals surface area contributed by atoms with Crippen LogP contribution in [0.15, 0.2) is 24.3 Å². The molecule has 0 aliphatic heterocycles. The number of amides is 1. The van der Waals surface area contributed by atoms with Gasteiger partial charge in [-0.2, -0.15) is 0 Å². The lowest BCUT2D eigenvalue weighted by Gasteiger charge is -2.15. The average Bonchev–Trinajstić information content (AvgIpc) is 2.27. The van der Waals surface area contributed by atoms with E-state index in [0.717, 1.165) is 17.7 Å². The van der Waals surface area contributed by atoms with Crippen LogP contribution < -0.4 is 10.6 Å². The van der Waals surface area contributed by atoms with Crippen LogP contribution in [0.2, 0.25) is 0 Å². The van der Waals surface area contributed by atoms with E-state index >= 15 is 0 Å². The molecule has 1 atom stereocenters. The molecule has 0 fully saturated rings. The van der Waals surface area contributed by atoms with Crippen LogP contribution in [0, 0.1) is 0 Å². The van der Waals surface area contributed by atoms with E-state index in [1.165, 1.54) is 6.92 Å². The first-order valence-corrected chi connectivity index (χ1v) is 5.83. The molecule has 4 heteroatoms. The molecule has 94 valence electrons. The van der Waals surface area contributed by atoms with Gasteiger partial charge < -0.3 is 15.7 Å². The second kappa shape index (κ2) is 7.04. The second-order valence-corrected chi connectivity index (χ2v) is 4.13. The summed E-state index contributed by atoms with van der Waals surface area (Å²) >= 11 is 0. The lowest BCUT2D eigenvalue weighted by atomic mass is 10.1. The third-order valence-corrected chi connectivity index (χ3v) is 2.53. The number of aliphatic hydroxyl groups is 1. The van der Waals surface area contributed by atoms with Gasteiger partial charge in [-0.05, 0) is 25.0 Å². The molecule has 1 amide bonds. The van der Waals surface area contributed by atoms with E-state index in [-0.39, 0.29) is 18.6 Å². The highest BCUT2D eigenvalue weighted by molar-refractivity contribution is 5.89. The van der Waals surface area contributed by atoms with Crippen LogP contribution in [0.5, 0.6) is 0 Å². The van der Waals surface area contributed by atoms with Crippen molar-refractivity contribution in [3.8, 4) is 0 Å². The molecule has 0 heterocycles. The zero-order valence-electron chi connectivity index (χ0n) is 10.4. The predicted molar refractivity (Wildman–Crippen MR) is 68.8 cm³/mol. The summed E-state index contributed by atoms with van der Waals surface area (Å²) in [7, 11) is 0. The predicted octanol–water partition coefficient (Wildman–Crippen LogP) is 1.51. The van der Waals surface area contributed by atoms with Crippen LogP contribution >= 0.6 is 0 Å². The number of anilines is 1. The minimum atomic E-state index is -0.0687. The van der Waals surface area contributed by atoms with Gasteiger partial charge in [0.1, 0.15) is 0 Å². The molecule has 3 N–H and O–H groups in total. The summed E-state index contributed by atoms with van der Waals surface area (Å²) in [5.74, 6) is -0.0687. The third kappa shape index (κ3) is 4.97. The van der Waals surface area contributed by atoms with Crippen LogP contribution in [0.25, 0.3) is 0 Å². The quantitative estimate of drug-likeness (QED) is 0.701. The molecule has 0 saturated carbocycles. The monoisotopic (exact) mass is 236 g/mol. The zero-order valence-corrected chi connectivity index (χ0v) is 10.4. The van der Waals surface area contributed by atoms with E-state index in [2.05, 4.69) is 10.6 Å². The highest BCUT2D eigenvalue weighted by Gasteiger charge is 2.05. The fraction of sp³-hybridized carbons (Fsp3) is 0.462. The van der Waals surface area contributed by atoms with Gasteiger partial charge >= 0.3 is 0 Å². The van der Waals surface area contributed by atoms with Crippen LogP contribution in [-0.2, 0) is 11.3 Å². The number of para-hydroxylation sites is 1. The van der Waals surface area contributed by atoms with Crippen LogP contribution in [0.3, 0.4) is 0 Å². The Kier molecular flexibility index (Phi) is 5.66. The third-order valence-electron chi connectivity index (χ3n) is 2.53. The standard InChI is InChI=1S/C13H20N2O2/c1-10(7-8-16)14-9-12-5-3-4-6-13(12)15-11(2)17/h3-6,10,14,16H,7-9H2,1-2H3,(H,15,17). The van der Waals surface area contributed by atoms with E-state index in [4.69, 9.17) is 5.11 Å². The molecule has 0 aliphatic carbocycles. The first kappa shape index (κ1) is 13.7. The van der Waals surface area contributed by atoms with Crippen molar-refractivity contribution in [1.29, 1.82) is 0 Å². The Morgan fingerprint density at radius 1 is 1.41 bits per heavy atom. The van der Waals surface area contributed by atoms with Gasteiger partial charge in [0, 0.05) is 31.8 Å². The molecular formula is C13H20N2O2. The first-order valence-electron chi connectivity index (χ1n) is 5.83. The Morgan fingerprint density at radius 2 is 2.12 bits per heavy atom. The summed E-state index contributed by atoms with van der Waals surface area (Å²) in [5, 5.41) is 14.9. The second-order valence-electron chi connectivity index (χ2n) is 4.13. The van der Waals surface area contributed by atoms with Crippen molar-refractivity contribution in [2.75, 3.05) is 11.9 Å². The molecule has 0 saturated heterocycles. The average molecular weight is 236 g/mol. The Hall–Kier alpha value is -1.39. The Morgan fingerprint density at radius 3 is 2.76 bits per heavy atom. The summed E-state index contributed by atoms with van der Waals surface area (Å²) in [6.45, 7) is 4.38. The highest BCUT2D eigenvalue weighted by atomic mass is 16.3. The smallest absolute Gasteiger partial charge is 0.221 e. The number of carbonyl (C=O) groups excluding carboxylic acids is 1. The number of carbonyl (C=O) groups is 1. The van der Waals surface area contributed by atoms with Gasteiger partial charge in [-0.15, -0.1) is 0 Å². The van der Waals surface area contributed by atoms with Crippen molar-refractivity contribution < 1.29 is 9.90 Å². The summed E-state index contributed by atoms with van der Waals surface area (Å²) < 4.78 is 0. The van der Waals surface area contributed by atoms with Crippen LogP contribution in [0.4, 0.5) is 5.69 Å². The molecule has 0 spiro atoms. The number of rotatable bonds is 6. The van der Waals surface area contributed by atoms with Crippen molar-refractivity contribution in [2.45, 2.75) is 32.9 Å². The van der Waals surface area contributed by atoms with E-state index < -0.39 is 0 Å². The lowest BCUT2D eigenvalue weighted by Crippen LogP contribution is -2.26. The molecular weight excluding hydrogens is 216 g/mol. The molecule has 4 nitrogen and oxygen atoms in total. The molecule has 0 bridgehead atoms. The van der Waals surface area contributed by atoms with Gasteiger partial charge in [0.2, 0.25) is 5.91 Å². The fourth-order valence-corrected chi connectivity index (χ4v) is 1.57. The number of nitrogens with one attached hydrogen (secondary N) is 2. The molecule has 0 aliphatic rings. The molecule has 1 aromatic carbocycles. The first-order chi connectivity index (χ1) is 8.13. The summed E-state index contributed by atoms with van der Waals surface area (Å²) in [5.41, 5.74) is 1.89. The Balaban J connectivity index is 2.60. The molecule has 1 aromatic rings. The van der Waals surface area contributed by atoms with Gasteiger partial charge in [0.25, 0.3) is 0 Å². The van der Waals surface area contributed by atoms with Gasteiger partial charge in [0.05, 0.1) is 0 Å². The largest absolute Gasteiger partial charge is 0.396 e. The summed E-state index contributed by atoms with van der Waals surface area (Å²) in [6.07, 6.45) is 0.725. The lowest BCUT2D eigenvalue weighted by molar-refractivity contribution is -0.114. The van der Waals surface area contributed by atoms with Gasteiger partial charge in [-0.25, -0.2) is 0 Å². The van der Waals surface area contributed by atoms with Gasteiger partial charge in [-0.1, -0.05) is 18.2 Å². The van der Waals surface area contributed by atoms with Crippen LogP contribution in [-0.4, -0.2) is 23.7 Å². The zero-order chi connectivity index (χ0) is 12.7. The van der Waals surface area contributed by atoms with Crippen LogP contribution in [0.1, 0.15) is 25.8 Å². The molecule has 1 unspecified atom stereocenters. The maximum Gasteiger partial charge on any atom is 0.221 e. The highest BCUT2D eigenvalue weighted by Crippen LogP contribution is 2.14. The van der Waals surface area contributed by atoms with Gasteiger partial charge in [0.15, 0.2) is 0 Å². The van der Waals surface area contributed by atoms with E-state index in [1.807, 2.05) is 31.2 Å².